The van der Waals surface area contributed by atoms with Crippen LogP contribution in [0.4, 0.5) is 0 Å². The van der Waals surface area contributed by atoms with Gasteiger partial charge in [-0.15, -0.1) is 0 Å². The standard InChI is InChI=1S/C26H41N/c1-3-4-5-6-8-11-23-13-17-25(18-14-23)22(2)26-19-15-24(16-20-26)12-9-7-10-21-27/h7,9-10,12,23-26H,2-6,8,11,13-20H2,1H3/b10-7+,12-9+/t23-,24-,25-,26-. The summed E-state index contributed by atoms with van der Waals surface area (Å²) in [4.78, 5) is 0. The second-order valence-electron chi connectivity index (χ2n) is 8.98. The molecular formula is C26H41N. The molecule has 1 heteroatoms. The highest BCUT2D eigenvalue weighted by Gasteiger charge is 2.28. The molecule has 0 heterocycles. The summed E-state index contributed by atoms with van der Waals surface area (Å²) in [6.07, 6.45) is 27.2. The smallest absolute Gasteiger partial charge is 0.0912 e. The molecule has 0 aromatic heterocycles. The van der Waals surface area contributed by atoms with Crippen molar-refractivity contribution in [3.63, 3.8) is 0 Å². The van der Waals surface area contributed by atoms with Crippen molar-refractivity contribution in [2.75, 3.05) is 0 Å². The molecule has 27 heavy (non-hydrogen) atoms. The second-order valence-corrected chi connectivity index (χ2v) is 8.98. The van der Waals surface area contributed by atoms with Crippen molar-refractivity contribution in [2.24, 2.45) is 23.7 Å². The van der Waals surface area contributed by atoms with Gasteiger partial charge in [0.15, 0.2) is 0 Å². The predicted octanol–water partition coefficient (Wildman–Crippen LogP) is 8.15. The van der Waals surface area contributed by atoms with Crippen molar-refractivity contribution in [3.05, 3.63) is 36.5 Å². The molecule has 0 bridgehead atoms. The minimum absolute atomic E-state index is 0.695. The van der Waals surface area contributed by atoms with Crippen LogP contribution in [0.15, 0.2) is 36.5 Å². The number of allylic oxidation sites excluding steroid dienone is 5. The van der Waals surface area contributed by atoms with Gasteiger partial charge in [0.2, 0.25) is 0 Å². The highest BCUT2D eigenvalue weighted by molar-refractivity contribution is 5.13. The number of nitriles is 1. The lowest BCUT2D eigenvalue weighted by atomic mass is 9.70. The molecule has 0 atom stereocenters. The van der Waals surface area contributed by atoms with Crippen LogP contribution in [0.5, 0.6) is 0 Å². The van der Waals surface area contributed by atoms with E-state index >= 15 is 0 Å². The molecule has 0 spiro atoms. The van der Waals surface area contributed by atoms with Crippen LogP contribution in [0.25, 0.3) is 0 Å². The van der Waals surface area contributed by atoms with E-state index in [-0.39, 0.29) is 0 Å². The number of unbranched alkanes of at least 4 members (excludes halogenated alkanes) is 4. The van der Waals surface area contributed by atoms with Gasteiger partial charge in [0.1, 0.15) is 0 Å². The summed E-state index contributed by atoms with van der Waals surface area (Å²) in [6, 6.07) is 2.04. The molecule has 2 saturated carbocycles. The van der Waals surface area contributed by atoms with Crippen molar-refractivity contribution < 1.29 is 0 Å². The van der Waals surface area contributed by atoms with E-state index in [1.165, 1.54) is 89.9 Å². The van der Waals surface area contributed by atoms with Crippen LogP contribution >= 0.6 is 0 Å². The van der Waals surface area contributed by atoms with Crippen molar-refractivity contribution in [3.8, 4) is 6.07 Å². The van der Waals surface area contributed by atoms with Crippen molar-refractivity contribution in [2.45, 2.75) is 96.8 Å². The number of nitrogens with zero attached hydrogens (tertiary/aromatic N) is 1. The third-order valence-corrected chi connectivity index (χ3v) is 7.05. The lowest BCUT2D eigenvalue weighted by molar-refractivity contribution is 0.252. The van der Waals surface area contributed by atoms with Crippen LogP contribution in [-0.4, -0.2) is 0 Å². The fourth-order valence-corrected chi connectivity index (χ4v) is 5.19. The molecule has 0 unspecified atom stereocenters. The Morgan fingerprint density at radius 3 is 2.15 bits per heavy atom. The average molecular weight is 368 g/mol. The maximum Gasteiger partial charge on any atom is 0.0912 e. The molecule has 0 aliphatic heterocycles. The van der Waals surface area contributed by atoms with Crippen LogP contribution in [0, 0.1) is 35.0 Å². The van der Waals surface area contributed by atoms with Gasteiger partial charge in [-0.1, -0.05) is 75.8 Å². The van der Waals surface area contributed by atoms with E-state index in [0.29, 0.717) is 5.92 Å². The topological polar surface area (TPSA) is 23.8 Å². The van der Waals surface area contributed by atoms with Crippen molar-refractivity contribution in [1.82, 2.24) is 0 Å². The fourth-order valence-electron chi connectivity index (χ4n) is 5.19. The maximum absolute atomic E-state index is 8.53. The van der Waals surface area contributed by atoms with E-state index in [1.54, 1.807) is 11.6 Å². The third-order valence-electron chi connectivity index (χ3n) is 7.05. The van der Waals surface area contributed by atoms with Crippen LogP contribution < -0.4 is 0 Å². The van der Waals surface area contributed by atoms with Gasteiger partial charge in [-0.05, 0) is 75.0 Å². The van der Waals surface area contributed by atoms with E-state index in [4.69, 9.17) is 5.26 Å². The summed E-state index contributed by atoms with van der Waals surface area (Å²) in [5.74, 6) is 3.26. The molecule has 0 aromatic carbocycles. The molecule has 2 aliphatic carbocycles. The summed E-state index contributed by atoms with van der Waals surface area (Å²) in [7, 11) is 0. The molecule has 0 saturated heterocycles. The summed E-state index contributed by atoms with van der Waals surface area (Å²) in [5, 5.41) is 8.53. The molecule has 2 aliphatic rings. The van der Waals surface area contributed by atoms with E-state index in [0.717, 1.165) is 17.8 Å². The molecular weight excluding hydrogens is 326 g/mol. The molecule has 150 valence electrons. The minimum Gasteiger partial charge on any atom is -0.193 e. The Balaban J connectivity index is 1.63. The lowest BCUT2D eigenvalue weighted by Gasteiger charge is -2.35. The van der Waals surface area contributed by atoms with E-state index in [1.807, 2.05) is 18.2 Å². The second kappa shape index (κ2) is 13.0. The minimum atomic E-state index is 0.695. The Bertz CT molecular complexity index is 505. The van der Waals surface area contributed by atoms with Gasteiger partial charge in [-0.3, -0.25) is 0 Å². The van der Waals surface area contributed by atoms with E-state index < -0.39 is 0 Å². The first-order chi connectivity index (χ1) is 13.2. The number of hydrogen-bond acceptors (Lipinski definition) is 1. The molecule has 1 nitrogen and oxygen atoms in total. The van der Waals surface area contributed by atoms with Gasteiger partial charge in [0, 0.05) is 6.08 Å². The predicted molar refractivity (Wildman–Crippen MR) is 117 cm³/mol. The third kappa shape index (κ3) is 8.08. The van der Waals surface area contributed by atoms with E-state index in [9.17, 15) is 0 Å². The summed E-state index contributed by atoms with van der Waals surface area (Å²) in [6.45, 7) is 6.87. The molecule has 0 N–H and O–H groups in total. The molecule has 2 fully saturated rings. The first-order valence-electron chi connectivity index (χ1n) is 11.7. The highest BCUT2D eigenvalue weighted by atomic mass is 14.3. The molecule has 0 radical (unpaired) electrons. The summed E-state index contributed by atoms with van der Waals surface area (Å²) < 4.78 is 0. The Morgan fingerprint density at radius 2 is 1.52 bits per heavy atom. The normalized spacial score (nSPS) is 29.2. The zero-order valence-corrected chi connectivity index (χ0v) is 17.7. The van der Waals surface area contributed by atoms with Gasteiger partial charge in [-0.25, -0.2) is 0 Å². The van der Waals surface area contributed by atoms with Crippen LogP contribution in [0.2, 0.25) is 0 Å². The summed E-state index contributed by atoms with van der Waals surface area (Å²) >= 11 is 0. The quantitative estimate of drug-likeness (QED) is 0.165. The van der Waals surface area contributed by atoms with Crippen LogP contribution in [-0.2, 0) is 0 Å². The number of rotatable bonds is 10. The zero-order chi connectivity index (χ0) is 19.3. The Kier molecular flexibility index (Phi) is 10.6. The Labute approximate surface area is 168 Å². The monoisotopic (exact) mass is 367 g/mol. The van der Waals surface area contributed by atoms with Gasteiger partial charge in [-0.2, -0.15) is 5.26 Å². The maximum atomic E-state index is 8.53. The van der Waals surface area contributed by atoms with Crippen molar-refractivity contribution in [1.29, 1.82) is 5.26 Å². The largest absolute Gasteiger partial charge is 0.193 e. The lowest BCUT2D eigenvalue weighted by Crippen LogP contribution is -2.22. The zero-order valence-electron chi connectivity index (χ0n) is 17.7. The average Bonchev–Trinajstić information content (AvgIpc) is 2.71. The van der Waals surface area contributed by atoms with Gasteiger partial charge in [0.25, 0.3) is 0 Å². The Morgan fingerprint density at radius 1 is 0.889 bits per heavy atom. The molecule has 0 amide bonds. The van der Waals surface area contributed by atoms with Gasteiger partial charge < -0.3 is 0 Å². The van der Waals surface area contributed by atoms with Gasteiger partial charge in [0.05, 0.1) is 6.07 Å². The first-order valence-corrected chi connectivity index (χ1v) is 11.7. The summed E-state index contributed by atoms with van der Waals surface area (Å²) in [5.41, 5.74) is 1.59. The fraction of sp³-hybridized carbons (Fsp3) is 0.731. The molecule has 0 aromatic rings. The SMILES string of the molecule is C=C([C@H]1CC[C@H](/C=C/C=C/C#N)CC1)[C@H]1CC[C@H](CCCCCCC)CC1. The first kappa shape index (κ1) is 22.0. The van der Waals surface area contributed by atoms with Gasteiger partial charge >= 0.3 is 0 Å². The van der Waals surface area contributed by atoms with Crippen LogP contribution in [0.3, 0.4) is 0 Å². The van der Waals surface area contributed by atoms with E-state index in [2.05, 4.69) is 19.6 Å². The number of hydrogen-bond donors (Lipinski definition) is 0. The van der Waals surface area contributed by atoms with Crippen LogP contribution in [0.1, 0.15) is 96.8 Å². The Hall–Kier alpha value is -1.29. The van der Waals surface area contributed by atoms with Crippen molar-refractivity contribution >= 4 is 0 Å². The highest BCUT2D eigenvalue weighted by Crippen LogP contribution is 2.42. The molecule has 2 rings (SSSR count).